The predicted octanol–water partition coefficient (Wildman–Crippen LogP) is 2.77. The molecular weight excluding hydrogens is 307 g/mol. The summed E-state index contributed by atoms with van der Waals surface area (Å²) >= 11 is 5.93. The molecule has 1 atom stereocenters. The highest BCUT2D eigenvalue weighted by Crippen LogP contribution is 2.47. The highest BCUT2D eigenvalue weighted by atomic mass is 35.5. The molecule has 5 heteroatoms. The van der Waals surface area contributed by atoms with Gasteiger partial charge in [-0.15, -0.1) is 12.4 Å². The summed E-state index contributed by atoms with van der Waals surface area (Å²) in [6, 6.07) is 8.03. The molecular formula is C16H22Cl2N2O. The normalized spacial score (nSPS) is 20.9. The van der Waals surface area contributed by atoms with Gasteiger partial charge in [-0.1, -0.05) is 30.7 Å². The number of carbonyl (C=O) groups excluding carboxylic acids is 1. The summed E-state index contributed by atoms with van der Waals surface area (Å²) < 4.78 is 0. The maximum absolute atomic E-state index is 12.2. The lowest BCUT2D eigenvalue weighted by atomic mass is 9.88. The molecule has 1 aliphatic carbocycles. The molecule has 1 aromatic carbocycles. The molecule has 1 saturated carbocycles. The second kappa shape index (κ2) is 6.55. The molecule has 1 aliphatic heterocycles. The fourth-order valence-corrected chi connectivity index (χ4v) is 2.94. The number of halogens is 2. The van der Waals surface area contributed by atoms with E-state index in [1.807, 2.05) is 19.1 Å². The standard InChI is InChI=1S/C16H21ClN2O.ClH/c1-11(12-8-18-9-12)15(20)19-10-16(6-7-16)13-2-4-14(17)5-3-13;/h2-5,11-12,18H,6-10H2,1H3,(H,19,20);1H. The van der Waals surface area contributed by atoms with Crippen LogP contribution in [0.5, 0.6) is 0 Å². The molecule has 116 valence electrons. The van der Waals surface area contributed by atoms with Gasteiger partial charge in [0.05, 0.1) is 0 Å². The van der Waals surface area contributed by atoms with Crippen LogP contribution >= 0.6 is 24.0 Å². The van der Waals surface area contributed by atoms with Crippen LogP contribution in [-0.4, -0.2) is 25.5 Å². The Kier molecular flexibility index (Phi) is 5.18. The quantitative estimate of drug-likeness (QED) is 0.872. The van der Waals surface area contributed by atoms with E-state index < -0.39 is 0 Å². The van der Waals surface area contributed by atoms with Crippen LogP contribution in [-0.2, 0) is 10.2 Å². The van der Waals surface area contributed by atoms with Crippen LogP contribution in [0.4, 0.5) is 0 Å². The van der Waals surface area contributed by atoms with Gasteiger partial charge in [0.2, 0.25) is 5.91 Å². The smallest absolute Gasteiger partial charge is 0.223 e. The minimum absolute atomic E-state index is 0. The van der Waals surface area contributed by atoms with Crippen LogP contribution < -0.4 is 10.6 Å². The Morgan fingerprint density at radius 3 is 2.48 bits per heavy atom. The first kappa shape index (κ1) is 16.6. The van der Waals surface area contributed by atoms with Crippen LogP contribution in [0.1, 0.15) is 25.3 Å². The molecule has 0 aromatic heterocycles. The molecule has 0 spiro atoms. The van der Waals surface area contributed by atoms with E-state index >= 15 is 0 Å². The van der Waals surface area contributed by atoms with Gasteiger partial charge in [0, 0.05) is 22.9 Å². The summed E-state index contributed by atoms with van der Waals surface area (Å²) in [5, 5.41) is 7.13. The molecule has 2 aliphatic rings. The molecule has 1 aromatic rings. The third kappa shape index (κ3) is 3.53. The van der Waals surface area contributed by atoms with Crippen molar-refractivity contribution in [1.82, 2.24) is 10.6 Å². The van der Waals surface area contributed by atoms with E-state index in [0.717, 1.165) is 37.5 Å². The van der Waals surface area contributed by atoms with Crippen molar-refractivity contribution in [2.75, 3.05) is 19.6 Å². The summed E-state index contributed by atoms with van der Waals surface area (Å²) in [7, 11) is 0. The molecule has 0 bridgehead atoms. The van der Waals surface area contributed by atoms with Crippen LogP contribution in [0.3, 0.4) is 0 Å². The topological polar surface area (TPSA) is 41.1 Å². The van der Waals surface area contributed by atoms with Gasteiger partial charge in [0.1, 0.15) is 0 Å². The summed E-state index contributed by atoms with van der Waals surface area (Å²) in [4.78, 5) is 12.2. The molecule has 21 heavy (non-hydrogen) atoms. The number of benzene rings is 1. The van der Waals surface area contributed by atoms with E-state index in [1.165, 1.54) is 5.56 Å². The number of hydrogen-bond acceptors (Lipinski definition) is 2. The van der Waals surface area contributed by atoms with E-state index in [2.05, 4.69) is 22.8 Å². The fourth-order valence-electron chi connectivity index (χ4n) is 2.82. The van der Waals surface area contributed by atoms with Crippen LogP contribution in [0.25, 0.3) is 0 Å². The van der Waals surface area contributed by atoms with Gasteiger partial charge in [-0.3, -0.25) is 4.79 Å². The average molecular weight is 329 g/mol. The zero-order valence-electron chi connectivity index (χ0n) is 12.2. The largest absolute Gasteiger partial charge is 0.355 e. The van der Waals surface area contributed by atoms with Gasteiger partial charge in [0.25, 0.3) is 0 Å². The zero-order chi connectivity index (χ0) is 14.2. The molecule has 1 amide bonds. The fraction of sp³-hybridized carbons (Fsp3) is 0.562. The Hall–Kier alpha value is -0.770. The van der Waals surface area contributed by atoms with Crippen molar-refractivity contribution in [3.63, 3.8) is 0 Å². The lowest BCUT2D eigenvalue weighted by molar-refractivity contribution is -0.126. The third-order valence-corrected chi connectivity index (χ3v) is 5.10. The predicted molar refractivity (Wildman–Crippen MR) is 88.1 cm³/mol. The van der Waals surface area contributed by atoms with Crippen molar-refractivity contribution < 1.29 is 4.79 Å². The minimum Gasteiger partial charge on any atom is -0.355 e. The Morgan fingerprint density at radius 1 is 1.38 bits per heavy atom. The maximum Gasteiger partial charge on any atom is 0.223 e. The van der Waals surface area contributed by atoms with Gasteiger partial charge in [-0.25, -0.2) is 0 Å². The number of hydrogen-bond donors (Lipinski definition) is 2. The summed E-state index contributed by atoms with van der Waals surface area (Å²) in [6.45, 7) is 4.72. The van der Waals surface area contributed by atoms with Crippen LogP contribution in [0, 0.1) is 11.8 Å². The van der Waals surface area contributed by atoms with Gasteiger partial charge < -0.3 is 10.6 Å². The Bertz CT molecular complexity index is 496. The lowest BCUT2D eigenvalue weighted by Gasteiger charge is -2.32. The molecule has 1 saturated heterocycles. The molecule has 2 fully saturated rings. The molecule has 2 N–H and O–H groups in total. The SMILES string of the molecule is CC(C(=O)NCC1(c2ccc(Cl)cc2)CC1)C1CNC1.Cl. The van der Waals surface area contributed by atoms with E-state index in [1.54, 1.807) is 0 Å². The highest BCUT2D eigenvalue weighted by molar-refractivity contribution is 6.30. The number of amides is 1. The first-order valence-corrected chi connectivity index (χ1v) is 7.73. The van der Waals surface area contributed by atoms with E-state index in [-0.39, 0.29) is 29.6 Å². The van der Waals surface area contributed by atoms with Crippen molar-refractivity contribution in [2.24, 2.45) is 11.8 Å². The highest BCUT2D eigenvalue weighted by Gasteiger charge is 2.44. The number of carbonyl (C=O) groups is 1. The van der Waals surface area contributed by atoms with Crippen molar-refractivity contribution in [3.05, 3.63) is 34.9 Å². The van der Waals surface area contributed by atoms with Gasteiger partial charge >= 0.3 is 0 Å². The minimum atomic E-state index is 0. The second-order valence-corrected chi connectivity index (χ2v) is 6.65. The zero-order valence-corrected chi connectivity index (χ0v) is 13.8. The van der Waals surface area contributed by atoms with Crippen molar-refractivity contribution >= 4 is 29.9 Å². The van der Waals surface area contributed by atoms with E-state index in [0.29, 0.717) is 5.92 Å². The monoisotopic (exact) mass is 328 g/mol. The average Bonchev–Trinajstić information content (AvgIpc) is 3.16. The summed E-state index contributed by atoms with van der Waals surface area (Å²) in [6.07, 6.45) is 2.29. The van der Waals surface area contributed by atoms with Crippen LogP contribution in [0.15, 0.2) is 24.3 Å². The van der Waals surface area contributed by atoms with Crippen LogP contribution in [0.2, 0.25) is 5.02 Å². The molecule has 1 heterocycles. The van der Waals surface area contributed by atoms with Crippen molar-refractivity contribution in [3.8, 4) is 0 Å². The first-order chi connectivity index (χ1) is 9.61. The molecule has 3 nitrogen and oxygen atoms in total. The van der Waals surface area contributed by atoms with Gasteiger partial charge in [0.15, 0.2) is 0 Å². The number of rotatable bonds is 5. The first-order valence-electron chi connectivity index (χ1n) is 7.35. The second-order valence-electron chi connectivity index (χ2n) is 6.21. The summed E-state index contributed by atoms with van der Waals surface area (Å²) in [5.74, 6) is 0.801. The lowest BCUT2D eigenvalue weighted by Crippen LogP contribution is -2.50. The van der Waals surface area contributed by atoms with E-state index in [4.69, 9.17) is 11.6 Å². The Labute approximate surface area is 137 Å². The molecule has 0 radical (unpaired) electrons. The van der Waals surface area contributed by atoms with Gasteiger partial charge in [-0.2, -0.15) is 0 Å². The van der Waals surface area contributed by atoms with Gasteiger partial charge in [-0.05, 0) is 49.5 Å². The van der Waals surface area contributed by atoms with Crippen molar-refractivity contribution in [1.29, 1.82) is 0 Å². The Balaban J connectivity index is 0.00000161. The molecule has 3 rings (SSSR count). The number of nitrogens with one attached hydrogen (secondary N) is 2. The maximum atomic E-state index is 12.2. The van der Waals surface area contributed by atoms with E-state index in [9.17, 15) is 4.79 Å². The Morgan fingerprint density at radius 2 is 2.00 bits per heavy atom. The third-order valence-electron chi connectivity index (χ3n) is 4.84. The summed E-state index contributed by atoms with van der Waals surface area (Å²) in [5.41, 5.74) is 1.44. The molecule has 1 unspecified atom stereocenters. The van der Waals surface area contributed by atoms with Crippen molar-refractivity contribution in [2.45, 2.75) is 25.2 Å².